The predicted octanol–water partition coefficient (Wildman–Crippen LogP) is 6.60. The van der Waals surface area contributed by atoms with Crippen LogP contribution in [0.5, 0.6) is 11.5 Å². The highest BCUT2D eigenvalue weighted by Gasteiger charge is 2.31. The van der Waals surface area contributed by atoms with Gasteiger partial charge >= 0.3 is 6.18 Å². The van der Waals surface area contributed by atoms with Gasteiger partial charge in [0.2, 0.25) is 0 Å². The molecule has 3 aromatic rings. The number of nitrogens with one attached hydrogen (secondary N) is 2. The number of halogens is 6. The molecule has 0 radical (unpaired) electrons. The molecular weight excluding hydrogens is 665 g/mol. The summed E-state index contributed by atoms with van der Waals surface area (Å²) in [5, 5.41) is 13.9. The third kappa shape index (κ3) is 6.54. The molecule has 0 aliphatic carbocycles. The van der Waals surface area contributed by atoms with Crippen molar-refractivity contribution >= 4 is 60.0 Å². The molecule has 0 saturated carbocycles. The maximum absolute atomic E-state index is 12.8. The number of alkyl halides is 3. The Balaban J connectivity index is 0.00000380. The SMILES string of the molecule is COc1c(Br)cc(CC2NCCc3cc(O)c(NS(=O)(=O)c4ccc(C(F)(F)F)cc4)cc32)cc1Br.Cl. The number of aromatic hydroxyl groups is 1. The van der Waals surface area contributed by atoms with Crippen molar-refractivity contribution in [1.29, 1.82) is 0 Å². The molecule has 0 spiro atoms. The molecule has 1 aliphatic heterocycles. The molecule has 0 fully saturated rings. The topological polar surface area (TPSA) is 87.7 Å². The van der Waals surface area contributed by atoms with Crippen LogP contribution in [0.15, 0.2) is 62.4 Å². The van der Waals surface area contributed by atoms with Crippen LogP contribution in [0, 0.1) is 0 Å². The lowest BCUT2D eigenvalue weighted by Crippen LogP contribution is -2.31. The van der Waals surface area contributed by atoms with E-state index in [4.69, 9.17) is 4.74 Å². The van der Waals surface area contributed by atoms with Crippen LogP contribution in [0.25, 0.3) is 0 Å². The van der Waals surface area contributed by atoms with Crippen molar-refractivity contribution in [3.05, 3.63) is 79.7 Å². The first-order chi connectivity index (χ1) is 16.9. The average Bonchev–Trinajstić information content (AvgIpc) is 2.79. The Labute approximate surface area is 235 Å². The number of rotatable bonds is 6. The van der Waals surface area contributed by atoms with Gasteiger partial charge in [0.25, 0.3) is 10.0 Å². The number of fused-ring (bicyclic) bond motifs is 1. The third-order valence-electron chi connectivity index (χ3n) is 5.86. The summed E-state index contributed by atoms with van der Waals surface area (Å²) in [4.78, 5) is -0.352. The zero-order valence-corrected chi connectivity index (χ0v) is 24.0. The van der Waals surface area contributed by atoms with Gasteiger partial charge < -0.3 is 15.2 Å². The molecule has 1 unspecified atom stereocenters. The number of hydrogen-bond donors (Lipinski definition) is 3. The number of sulfonamides is 1. The number of benzene rings is 3. The fourth-order valence-corrected chi connectivity index (χ4v) is 6.80. The van der Waals surface area contributed by atoms with Gasteiger partial charge in [-0.15, -0.1) is 12.4 Å². The van der Waals surface area contributed by atoms with Gasteiger partial charge in [-0.05, 0) is 116 Å². The summed E-state index contributed by atoms with van der Waals surface area (Å²) in [6.45, 7) is 0.673. The number of phenolic OH excluding ortho intramolecular Hbond substituents is 1. The van der Waals surface area contributed by atoms with Crippen molar-refractivity contribution in [2.45, 2.75) is 30.0 Å². The first kappa shape index (κ1) is 29.6. The van der Waals surface area contributed by atoms with E-state index in [1.54, 1.807) is 13.2 Å². The van der Waals surface area contributed by atoms with E-state index in [1.165, 1.54) is 6.07 Å². The standard InChI is InChI=1S/C24H21Br2F3N2O4S.ClH/c1-35-23-18(25)8-13(9-19(23)26)10-20-17-12-21(22(32)11-14(17)6-7-30-20)31-36(33,34)16-4-2-15(3-5-16)24(27,28)29;/h2-5,8-9,11-12,20,30-32H,6-7,10H2,1H3;1H. The molecule has 0 bridgehead atoms. The number of methoxy groups -OCH3 is 1. The fourth-order valence-electron chi connectivity index (χ4n) is 4.13. The smallest absolute Gasteiger partial charge is 0.416 e. The summed E-state index contributed by atoms with van der Waals surface area (Å²) >= 11 is 7.00. The normalized spacial score (nSPS) is 15.5. The van der Waals surface area contributed by atoms with Gasteiger partial charge in [0.1, 0.15) is 11.5 Å². The van der Waals surface area contributed by atoms with Crippen molar-refractivity contribution < 1.29 is 31.4 Å². The lowest BCUT2D eigenvalue weighted by Gasteiger charge is -2.28. The molecule has 13 heteroatoms. The molecule has 0 amide bonds. The van der Waals surface area contributed by atoms with E-state index in [0.29, 0.717) is 37.3 Å². The Morgan fingerprint density at radius 3 is 2.30 bits per heavy atom. The van der Waals surface area contributed by atoms with E-state index in [9.17, 15) is 26.7 Å². The Morgan fingerprint density at radius 2 is 1.73 bits per heavy atom. The predicted molar refractivity (Wildman–Crippen MR) is 144 cm³/mol. The van der Waals surface area contributed by atoms with E-state index < -0.39 is 21.8 Å². The van der Waals surface area contributed by atoms with Gasteiger partial charge in [-0.1, -0.05) is 0 Å². The largest absolute Gasteiger partial charge is 0.506 e. The van der Waals surface area contributed by atoms with Crippen molar-refractivity contribution in [3.8, 4) is 11.5 Å². The van der Waals surface area contributed by atoms with Gasteiger partial charge in [-0.3, -0.25) is 4.72 Å². The minimum atomic E-state index is -4.58. The molecular formula is C24H22Br2ClF3N2O4S. The maximum Gasteiger partial charge on any atom is 0.416 e. The molecule has 200 valence electrons. The maximum atomic E-state index is 12.8. The van der Waals surface area contributed by atoms with Crippen LogP contribution in [-0.4, -0.2) is 27.2 Å². The second-order valence-corrected chi connectivity index (χ2v) is 11.6. The van der Waals surface area contributed by atoms with Gasteiger partial charge in [0.05, 0.1) is 32.2 Å². The lowest BCUT2D eigenvalue weighted by atomic mass is 9.89. The Bertz CT molecular complexity index is 1380. The van der Waals surface area contributed by atoms with Crippen LogP contribution in [0.2, 0.25) is 0 Å². The average molecular weight is 687 g/mol. The molecule has 1 heterocycles. The summed E-state index contributed by atoms with van der Waals surface area (Å²) in [5.74, 6) is 0.403. The third-order valence-corrected chi connectivity index (χ3v) is 8.42. The minimum absolute atomic E-state index is 0. The molecule has 3 N–H and O–H groups in total. The summed E-state index contributed by atoms with van der Waals surface area (Å²) in [6, 6.07) is 9.95. The number of phenols is 1. The molecule has 1 atom stereocenters. The minimum Gasteiger partial charge on any atom is -0.506 e. The van der Waals surface area contributed by atoms with Crippen LogP contribution in [0.1, 0.15) is 28.3 Å². The van der Waals surface area contributed by atoms with Gasteiger partial charge in [0, 0.05) is 6.04 Å². The molecule has 37 heavy (non-hydrogen) atoms. The van der Waals surface area contributed by atoms with E-state index in [-0.39, 0.29) is 34.8 Å². The van der Waals surface area contributed by atoms with Crippen molar-refractivity contribution in [2.24, 2.45) is 0 Å². The zero-order valence-electron chi connectivity index (χ0n) is 19.2. The highest BCUT2D eigenvalue weighted by Crippen LogP contribution is 2.38. The Kier molecular flexibility index (Phi) is 9.11. The van der Waals surface area contributed by atoms with Crippen LogP contribution in [-0.2, 0) is 29.0 Å². The zero-order chi connectivity index (χ0) is 26.3. The molecule has 6 nitrogen and oxygen atoms in total. The fraction of sp³-hybridized carbons (Fsp3) is 0.250. The number of ether oxygens (including phenoxy) is 1. The molecule has 0 aromatic heterocycles. The molecule has 3 aromatic carbocycles. The summed E-state index contributed by atoms with van der Waals surface area (Å²) in [5.41, 5.74) is 1.66. The Morgan fingerprint density at radius 1 is 1.11 bits per heavy atom. The molecule has 1 aliphatic rings. The van der Waals surface area contributed by atoms with Crippen LogP contribution in [0.4, 0.5) is 18.9 Å². The second kappa shape index (κ2) is 11.4. The van der Waals surface area contributed by atoms with Crippen LogP contribution >= 0.6 is 44.3 Å². The Hall–Kier alpha value is -1.99. The van der Waals surface area contributed by atoms with Gasteiger partial charge in [-0.2, -0.15) is 13.2 Å². The monoisotopic (exact) mass is 684 g/mol. The van der Waals surface area contributed by atoms with Crippen molar-refractivity contribution in [2.75, 3.05) is 18.4 Å². The number of hydrogen-bond acceptors (Lipinski definition) is 5. The number of anilines is 1. The summed E-state index contributed by atoms with van der Waals surface area (Å²) in [7, 11) is -2.67. The van der Waals surface area contributed by atoms with Gasteiger partial charge in [0.15, 0.2) is 0 Å². The van der Waals surface area contributed by atoms with Crippen molar-refractivity contribution in [3.63, 3.8) is 0 Å². The summed E-state index contributed by atoms with van der Waals surface area (Å²) in [6.07, 6.45) is -3.37. The first-order valence-corrected chi connectivity index (χ1v) is 13.8. The summed E-state index contributed by atoms with van der Waals surface area (Å²) < 4.78 is 73.4. The van der Waals surface area contributed by atoms with E-state index in [1.807, 2.05) is 12.1 Å². The first-order valence-electron chi connectivity index (χ1n) is 10.7. The highest BCUT2D eigenvalue weighted by atomic mass is 79.9. The van der Waals surface area contributed by atoms with E-state index in [2.05, 4.69) is 41.9 Å². The highest BCUT2D eigenvalue weighted by molar-refractivity contribution is 9.11. The van der Waals surface area contributed by atoms with E-state index >= 15 is 0 Å². The molecule has 4 rings (SSSR count). The van der Waals surface area contributed by atoms with E-state index in [0.717, 1.165) is 37.8 Å². The van der Waals surface area contributed by atoms with Gasteiger partial charge in [-0.25, -0.2) is 8.42 Å². The quantitative estimate of drug-likeness (QED) is 0.255. The van der Waals surface area contributed by atoms with Crippen LogP contribution in [0.3, 0.4) is 0 Å². The van der Waals surface area contributed by atoms with Crippen LogP contribution < -0.4 is 14.8 Å². The van der Waals surface area contributed by atoms with Crippen molar-refractivity contribution in [1.82, 2.24) is 5.32 Å². The molecule has 0 saturated heterocycles. The lowest BCUT2D eigenvalue weighted by molar-refractivity contribution is -0.137. The second-order valence-electron chi connectivity index (χ2n) is 8.25.